The van der Waals surface area contributed by atoms with Crippen LogP contribution in [0.25, 0.3) is 17.3 Å². The maximum atomic E-state index is 12.3. The van der Waals surface area contributed by atoms with Crippen LogP contribution in [0.15, 0.2) is 84.3 Å². The number of hydrogen-bond donors (Lipinski definition) is 1. The van der Waals surface area contributed by atoms with E-state index < -0.39 is 0 Å². The van der Waals surface area contributed by atoms with Gasteiger partial charge in [-0.3, -0.25) is 10.1 Å². The number of benzene rings is 3. The average Bonchev–Trinajstić information content (AvgIpc) is 3.27. The molecule has 0 aliphatic rings. The Balaban J connectivity index is 1.32. The standard InChI is InChI=1S/C27H24N2O2S/c1-19-8-9-20(2)24(16-19)25-18-32-27(28-25)29-26(30)15-12-21-10-13-23(14-11-21)31-17-22-6-4-3-5-7-22/h3-16,18H,17H2,1-2H3,(H,28,29,30)/b15-12+. The van der Waals surface area contributed by atoms with Crippen molar-refractivity contribution in [2.24, 2.45) is 0 Å². The zero-order valence-corrected chi connectivity index (χ0v) is 18.9. The molecule has 5 heteroatoms. The maximum absolute atomic E-state index is 12.3. The minimum Gasteiger partial charge on any atom is -0.489 e. The number of carbonyl (C=O) groups excluding carboxylic acids is 1. The molecule has 4 rings (SSSR count). The Bertz CT molecular complexity index is 1230. The highest BCUT2D eigenvalue weighted by Crippen LogP contribution is 2.28. The number of hydrogen-bond acceptors (Lipinski definition) is 4. The third-order valence-electron chi connectivity index (χ3n) is 4.96. The van der Waals surface area contributed by atoms with E-state index in [-0.39, 0.29) is 5.91 Å². The number of aryl methyl sites for hydroxylation is 2. The molecule has 0 spiro atoms. The van der Waals surface area contributed by atoms with Crippen molar-refractivity contribution in [2.45, 2.75) is 20.5 Å². The first-order valence-electron chi connectivity index (χ1n) is 10.4. The highest BCUT2D eigenvalue weighted by molar-refractivity contribution is 7.14. The molecule has 0 atom stereocenters. The molecule has 0 aliphatic heterocycles. The van der Waals surface area contributed by atoms with Crippen molar-refractivity contribution < 1.29 is 9.53 Å². The molecule has 0 saturated carbocycles. The van der Waals surface area contributed by atoms with Gasteiger partial charge in [0.15, 0.2) is 5.13 Å². The van der Waals surface area contributed by atoms with Gasteiger partial charge in [0.05, 0.1) is 5.69 Å². The molecule has 0 fully saturated rings. The summed E-state index contributed by atoms with van der Waals surface area (Å²) in [6, 6.07) is 24.0. The summed E-state index contributed by atoms with van der Waals surface area (Å²) >= 11 is 1.42. The number of thiazole rings is 1. The van der Waals surface area contributed by atoms with Crippen LogP contribution in [0.4, 0.5) is 5.13 Å². The summed E-state index contributed by atoms with van der Waals surface area (Å²) in [5.41, 5.74) is 6.35. The molecule has 4 aromatic rings. The van der Waals surface area contributed by atoms with Gasteiger partial charge in [-0.2, -0.15) is 0 Å². The van der Waals surface area contributed by atoms with Crippen molar-refractivity contribution >= 4 is 28.5 Å². The Morgan fingerprint density at radius 3 is 2.59 bits per heavy atom. The lowest BCUT2D eigenvalue weighted by Crippen LogP contribution is -2.07. The van der Waals surface area contributed by atoms with E-state index in [1.807, 2.05) is 60.0 Å². The van der Waals surface area contributed by atoms with E-state index in [0.29, 0.717) is 11.7 Å². The van der Waals surface area contributed by atoms with E-state index in [4.69, 9.17) is 4.74 Å². The van der Waals surface area contributed by atoms with Gasteiger partial charge in [-0.05, 0) is 54.8 Å². The number of carbonyl (C=O) groups is 1. The van der Waals surface area contributed by atoms with Gasteiger partial charge in [-0.15, -0.1) is 11.3 Å². The van der Waals surface area contributed by atoms with Gasteiger partial charge in [-0.1, -0.05) is 60.2 Å². The number of amides is 1. The molecule has 0 radical (unpaired) electrons. The fourth-order valence-electron chi connectivity index (χ4n) is 3.20. The molecule has 1 amide bonds. The van der Waals surface area contributed by atoms with Gasteiger partial charge in [0, 0.05) is 17.0 Å². The van der Waals surface area contributed by atoms with Crippen molar-refractivity contribution in [1.82, 2.24) is 4.98 Å². The summed E-state index contributed by atoms with van der Waals surface area (Å²) in [4.78, 5) is 16.9. The largest absolute Gasteiger partial charge is 0.489 e. The van der Waals surface area contributed by atoms with Crippen molar-refractivity contribution in [1.29, 1.82) is 0 Å². The van der Waals surface area contributed by atoms with Crippen molar-refractivity contribution in [3.05, 3.63) is 107 Å². The zero-order valence-electron chi connectivity index (χ0n) is 18.0. The van der Waals surface area contributed by atoms with Crippen LogP contribution in [-0.4, -0.2) is 10.9 Å². The second-order valence-electron chi connectivity index (χ2n) is 7.52. The highest BCUT2D eigenvalue weighted by Gasteiger charge is 2.09. The third kappa shape index (κ3) is 5.71. The Labute approximate surface area is 192 Å². The lowest BCUT2D eigenvalue weighted by atomic mass is 10.0. The fraction of sp³-hybridized carbons (Fsp3) is 0.111. The van der Waals surface area contributed by atoms with Gasteiger partial charge in [0.25, 0.3) is 0 Å². The minimum atomic E-state index is -0.212. The van der Waals surface area contributed by atoms with Crippen LogP contribution in [0.1, 0.15) is 22.3 Å². The van der Waals surface area contributed by atoms with Crippen LogP contribution < -0.4 is 10.1 Å². The second-order valence-corrected chi connectivity index (χ2v) is 8.38. The smallest absolute Gasteiger partial charge is 0.250 e. The Hall–Kier alpha value is -3.70. The molecule has 3 aromatic carbocycles. The molecule has 1 N–H and O–H groups in total. The van der Waals surface area contributed by atoms with Gasteiger partial charge in [0.1, 0.15) is 12.4 Å². The predicted octanol–water partition coefficient (Wildman–Crippen LogP) is 6.66. The van der Waals surface area contributed by atoms with E-state index in [2.05, 4.69) is 42.3 Å². The topological polar surface area (TPSA) is 51.2 Å². The first-order chi connectivity index (χ1) is 15.6. The Kier molecular flexibility index (Phi) is 6.78. The van der Waals surface area contributed by atoms with E-state index in [9.17, 15) is 4.79 Å². The number of rotatable bonds is 7. The summed E-state index contributed by atoms with van der Waals surface area (Å²) in [6.45, 7) is 4.65. The van der Waals surface area contributed by atoms with Crippen LogP contribution in [0.2, 0.25) is 0 Å². The van der Waals surface area contributed by atoms with Crippen LogP contribution >= 0.6 is 11.3 Å². The summed E-state index contributed by atoms with van der Waals surface area (Å²) in [6.07, 6.45) is 3.29. The Morgan fingerprint density at radius 2 is 1.81 bits per heavy atom. The van der Waals surface area contributed by atoms with E-state index >= 15 is 0 Å². The lowest BCUT2D eigenvalue weighted by Gasteiger charge is -2.06. The molecular weight excluding hydrogens is 416 g/mol. The SMILES string of the molecule is Cc1ccc(C)c(-c2csc(NC(=O)/C=C/c3ccc(OCc4ccccc4)cc3)n2)c1. The van der Waals surface area contributed by atoms with Crippen molar-refractivity contribution in [3.8, 4) is 17.0 Å². The first kappa shape index (κ1) is 21.5. The number of nitrogens with one attached hydrogen (secondary N) is 1. The average molecular weight is 441 g/mol. The van der Waals surface area contributed by atoms with Crippen molar-refractivity contribution in [3.63, 3.8) is 0 Å². The van der Waals surface area contributed by atoms with Gasteiger partial charge in [0.2, 0.25) is 5.91 Å². The highest BCUT2D eigenvalue weighted by atomic mass is 32.1. The van der Waals surface area contributed by atoms with Gasteiger partial charge >= 0.3 is 0 Å². The van der Waals surface area contributed by atoms with Gasteiger partial charge in [-0.25, -0.2) is 4.98 Å². The normalized spacial score (nSPS) is 10.9. The van der Waals surface area contributed by atoms with Crippen molar-refractivity contribution in [2.75, 3.05) is 5.32 Å². The van der Waals surface area contributed by atoms with E-state index in [1.54, 1.807) is 6.08 Å². The quantitative estimate of drug-likeness (QED) is 0.327. The molecule has 0 bridgehead atoms. The van der Waals surface area contributed by atoms with Crippen LogP contribution in [0.3, 0.4) is 0 Å². The summed E-state index contributed by atoms with van der Waals surface area (Å²) in [5, 5.41) is 5.39. The van der Waals surface area contributed by atoms with E-state index in [0.717, 1.165) is 33.7 Å². The van der Waals surface area contributed by atoms with E-state index in [1.165, 1.54) is 23.0 Å². The molecule has 32 heavy (non-hydrogen) atoms. The number of aromatic nitrogens is 1. The van der Waals surface area contributed by atoms with Crippen LogP contribution in [-0.2, 0) is 11.4 Å². The zero-order chi connectivity index (χ0) is 22.3. The van der Waals surface area contributed by atoms with Crippen LogP contribution in [0.5, 0.6) is 5.75 Å². The minimum absolute atomic E-state index is 0.212. The number of nitrogens with zero attached hydrogens (tertiary/aromatic N) is 1. The fourth-order valence-corrected chi connectivity index (χ4v) is 3.92. The van der Waals surface area contributed by atoms with Gasteiger partial charge < -0.3 is 4.74 Å². The molecule has 1 heterocycles. The molecule has 0 unspecified atom stereocenters. The molecule has 4 nitrogen and oxygen atoms in total. The summed E-state index contributed by atoms with van der Waals surface area (Å²) in [7, 11) is 0. The third-order valence-corrected chi connectivity index (χ3v) is 5.72. The summed E-state index contributed by atoms with van der Waals surface area (Å²) in [5.74, 6) is 0.577. The molecule has 160 valence electrons. The summed E-state index contributed by atoms with van der Waals surface area (Å²) < 4.78 is 5.80. The monoisotopic (exact) mass is 440 g/mol. The molecule has 0 aliphatic carbocycles. The molecule has 1 aromatic heterocycles. The number of ether oxygens (including phenoxy) is 1. The Morgan fingerprint density at radius 1 is 1.03 bits per heavy atom. The first-order valence-corrected chi connectivity index (χ1v) is 11.2. The predicted molar refractivity (Wildman–Crippen MR) is 132 cm³/mol. The lowest BCUT2D eigenvalue weighted by molar-refractivity contribution is -0.111. The molecule has 0 saturated heterocycles. The maximum Gasteiger partial charge on any atom is 0.250 e. The number of anilines is 1. The molecular formula is C27H24N2O2S. The second kappa shape index (κ2) is 10.1. The van der Waals surface area contributed by atoms with Crippen LogP contribution in [0, 0.1) is 13.8 Å².